The molecule has 0 bridgehead atoms. The SMILES string of the molecule is O=C(c1ccc(Cl)cc1)c1ccc(C(=O)Nc2ccc([N+](=O)[O-])c(C(F)(F)F)c2)c(Oc2ccccc2)c1F. The summed E-state index contributed by atoms with van der Waals surface area (Å²) in [5.74, 6) is -3.56. The minimum atomic E-state index is -5.08. The summed E-state index contributed by atoms with van der Waals surface area (Å²) in [6.45, 7) is 0. The Morgan fingerprint density at radius 2 is 1.54 bits per heavy atom. The van der Waals surface area contributed by atoms with Crippen LogP contribution < -0.4 is 10.1 Å². The summed E-state index contributed by atoms with van der Waals surface area (Å²) in [6, 6.07) is 17.4. The van der Waals surface area contributed by atoms with Crippen LogP contribution in [0.3, 0.4) is 0 Å². The molecule has 0 unspecified atom stereocenters. The molecule has 0 saturated heterocycles. The second-order valence-corrected chi connectivity index (χ2v) is 8.43. The van der Waals surface area contributed by atoms with Gasteiger partial charge < -0.3 is 10.1 Å². The van der Waals surface area contributed by atoms with Crippen molar-refractivity contribution in [3.05, 3.63) is 128 Å². The van der Waals surface area contributed by atoms with Gasteiger partial charge in [-0.2, -0.15) is 13.2 Å². The molecule has 0 aromatic heterocycles. The van der Waals surface area contributed by atoms with Crippen LogP contribution in [0.15, 0.2) is 84.9 Å². The number of nitro groups is 1. The van der Waals surface area contributed by atoms with Gasteiger partial charge in [0, 0.05) is 22.3 Å². The van der Waals surface area contributed by atoms with Crippen LogP contribution in [0.2, 0.25) is 5.02 Å². The Hall–Kier alpha value is -4.77. The molecule has 1 amide bonds. The molecule has 0 fully saturated rings. The quantitative estimate of drug-likeness (QED) is 0.109. The number of carbonyl (C=O) groups is 2. The Balaban J connectivity index is 1.75. The molecule has 4 aromatic carbocycles. The summed E-state index contributed by atoms with van der Waals surface area (Å²) in [4.78, 5) is 35.9. The number of para-hydroxylation sites is 1. The maximum atomic E-state index is 15.7. The van der Waals surface area contributed by atoms with Gasteiger partial charge in [-0.1, -0.05) is 29.8 Å². The largest absolute Gasteiger partial charge is 0.453 e. The van der Waals surface area contributed by atoms with Crippen molar-refractivity contribution in [3.8, 4) is 11.5 Å². The van der Waals surface area contributed by atoms with Gasteiger partial charge in [-0.3, -0.25) is 19.7 Å². The van der Waals surface area contributed by atoms with Crippen molar-refractivity contribution < 1.29 is 36.8 Å². The highest BCUT2D eigenvalue weighted by molar-refractivity contribution is 6.30. The van der Waals surface area contributed by atoms with Gasteiger partial charge in [0.2, 0.25) is 0 Å². The Morgan fingerprint density at radius 1 is 0.897 bits per heavy atom. The number of nitro benzene ring substituents is 1. The molecule has 4 rings (SSSR count). The first kappa shape index (κ1) is 27.3. The third-order valence-corrected chi connectivity index (χ3v) is 5.66. The number of hydrogen-bond donors (Lipinski definition) is 1. The number of ether oxygens (including phenoxy) is 1. The zero-order valence-corrected chi connectivity index (χ0v) is 20.2. The monoisotopic (exact) mass is 558 g/mol. The fourth-order valence-corrected chi connectivity index (χ4v) is 3.70. The van der Waals surface area contributed by atoms with Crippen LogP contribution in [0.4, 0.5) is 28.9 Å². The van der Waals surface area contributed by atoms with Crippen LogP contribution >= 0.6 is 11.6 Å². The first-order valence-electron chi connectivity index (χ1n) is 11.0. The minimum absolute atomic E-state index is 0.103. The molecule has 0 aliphatic heterocycles. The number of hydrogen-bond acceptors (Lipinski definition) is 5. The number of carbonyl (C=O) groups excluding carboxylic acids is 2. The fourth-order valence-electron chi connectivity index (χ4n) is 3.57. The van der Waals surface area contributed by atoms with E-state index in [0.29, 0.717) is 17.2 Å². The zero-order chi connectivity index (χ0) is 28.3. The summed E-state index contributed by atoms with van der Waals surface area (Å²) < 4.78 is 61.4. The lowest BCUT2D eigenvalue weighted by atomic mass is 10.00. The molecule has 0 atom stereocenters. The van der Waals surface area contributed by atoms with Crippen LogP contribution in [-0.4, -0.2) is 16.6 Å². The summed E-state index contributed by atoms with van der Waals surface area (Å²) in [7, 11) is 0. The van der Waals surface area contributed by atoms with Crippen LogP contribution in [0, 0.1) is 15.9 Å². The van der Waals surface area contributed by atoms with Crippen molar-refractivity contribution in [1.82, 2.24) is 0 Å². The average Bonchev–Trinajstić information content (AvgIpc) is 2.89. The van der Waals surface area contributed by atoms with E-state index in [0.717, 1.165) is 18.2 Å². The van der Waals surface area contributed by atoms with E-state index in [2.05, 4.69) is 5.32 Å². The molecule has 7 nitrogen and oxygen atoms in total. The van der Waals surface area contributed by atoms with Crippen molar-refractivity contribution in [3.63, 3.8) is 0 Å². The van der Waals surface area contributed by atoms with E-state index in [1.54, 1.807) is 18.2 Å². The maximum Gasteiger partial charge on any atom is 0.423 e. The van der Waals surface area contributed by atoms with Gasteiger partial charge in [0.05, 0.1) is 16.1 Å². The molecular weight excluding hydrogens is 544 g/mol. The average molecular weight is 559 g/mol. The Morgan fingerprint density at radius 3 is 2.15 bits per heavy atom. The van der Waals surface area contributed by atoms with Gasteiger partial charge in [0.15, 0.2) is 17.3 Å². The topological polar surface area (TPSA) is 98.5 Å². The molecule has 0 radical (unpaired) electrons. The summed E-state index contributed by atoms with van der Waals surface area (Å²) in [5, 5.41) is 13.5. The van der Waals surface area contributed by atoms with E-state index in [1.807, 2.05) is 0 Å². The number of rotatable bonds is 7. The van der Waals surface area contributed by atoms with Gasteiger partial charge in [0.25, 0.3) is 11.6 Å². The molecule has 0 heterocycles. The number of amides is 1. The van der Waals surface area contributed by atoms with E-state index in [4.69, 9.17) is 16.3 Å². The fraction of sp³-hybridized carbons (Fsp3) is 0.0370. The third kappa shape index (κ3) is 6.04. The van der Waals surface area contributed by atoms with Crippen molar-refractivity contribution in [1.29, 1.82) is 0 Å². The van der Waals surface area contributed by atoms with Gasteiger partial charge in [-0.15, -0.1) is 0 Å². The highest BCUT2D eigenvalue weighted by Crippen LogP contribution is 2.38. The summed E-state index contributed by atoms with van der Waals surface area (Å²) >= 11 is 5.84. The summed E-state index contributed by atoms with van der Waals surface area (Å²) in [6.07, 6.45) is -5.08. The van der Waals surface area contributed by atoms with Crippen molar-refractivity contribution >= 4 is 34.7 Å². The number of anilines is 1. The van der Waals surface area contributed by atoms with Gasteiger partial charge in [0.1, 0.15) is 11.3 Å². The Kier molecular flexibility index (Phi) is 7.63. The molecule has 0 aliphatic rings. The first-order chi connectivity index (χ1) is 18.5. The normalized spacial score (nSPS) is 11.1. The van der Waals surface area contributed by atoms with Gasteiger partial charge in [-0.25, -0.2) is 4.39 Å². The van der Waals surface area contributed by atoms with E-state index in [1.165, 1.54) is 36.4 Å². The molecule has 0 saturated carbocycles. The van der Waals surface area contributed by atoms with E-state index >= 15 is 4.39 Å². The Bertz CT molecular complexity index is 1580. The Labute approximate surface area is 222 Å². The second-order valence-electron chi connectivity index (χ2n) is 8.00. The van der Waals surface area contributed by atoms with E-state index in [-0.39, 0.29) is 11.3 Å². The van der Waals surface area contributed by atoms with Gasteiger partial charge in [-0.05, 0) is 60.7 Å². The molecule has 4 aromatic rings. The number of ketones is 1. The van der Waals surface area contributed by atoms with E-state index in [9.17, 15) is 32.9 Å². The van der Waals surface area contributed by atoms with Crippen LogP contribution in [-0.2, 0) is 6.18 Å². The summed E-state index contributed by atoms with van der Waals surface area (Å²) in [5.41, 5.74) is -4.01. The van der Waals surface area contributed by atoms with Crippen molar-refractivity contribution in [2.75, 3.05) is 5.32 Å². The second kappa shape index (κ2) is 10.9. The smallest absolute Gasteiger partial charge is 0.423 e. The lowest BCUT2D eigenvalue weighted by Crippen LogP contribution is -2.17. The number of nitrogens with one attached hydrogen (secondary N) is 1. The van der Waals surface area contributed by atoms with Crippen LogP contribution in [0.5, 0.6) is 11.5 Å². The molecule has 39 heavy (non-hydrogen) atoms. The molecule has 198 valence electrons. The van der Waals surface area contributed by atoms with Crippen molar-refractivity contribution in [2.45, 2.75) is 6.18 Å². The molecule has 0 aliphatic carbocycles. The highest BCUT2D eigenvalue weighted by atomic mass is 35.5. The molecule has 0 spiro atoms. The lowest BCUT2D eigenvalue weighted by Gasteiger charge is -2.15. The molecule has 12 heteroatoms. The number of nitrogens with zero attached hydrogens (tertiary/aromatic N) is 1. The number of alkyl halides is 3. The third-order valence-electron chi connectivity index (χ3n) is 5.41. The van der Waals surface area contributed by atoms with Crippen LogP contribution in [0.25, 0.3) is 0 Å². The highest BCUT2D eigenvalue weighted by Gasteiger charge is 2.38. The number of halogens is 5. The van der Waals surface area contributed by atoms with E-state index < -0.39 is 62.4 Å². The molecule has 1 N–H and O–H groups in total. The van der Waals surface area contributed by atoms with Crippen molar-refractivity contribution in [2.24, 2.45) is 0 Å². The number of benzene rings is 4. The molecular formula is C27H15ClF4N2O5. The first-order valence-corrected chi connectivity index (χ1v) is 11.4. The predicted molar refractivity (Wildman–Crippen MR) is 134 cm³/mol. The maximum absolute atomic E-state index is 15.7. The van der Waals surface area contributed by atoms with Crippen LogP contribution in [0.1, 0.15) is 31.8 Å². The minimum Gasteiger partial charge on any atom is -0.453 e. The van der Waals surface area contributed by atoms with Gasteiger partial charge >= 0.3 is 6.18 Å². The lowest BCUT2D eigenvalue weighted by molar-refractivity contribution is -0.388. The standard InChI is InChI=1S/C27H15ClF4N2O5/c28-16-8-6-15(7-9-16)24(35)19-11-12-20(25(23(19)29)39-18-4-2-1-3-5-18)26(36)33-17-10-13-22(34(37)38)21(14-17)27(30,31)32/h1-14H,(H,33,36). The predicted octanol–water partition coefficient (Wildman–Crippen LogP) is 7.68. The zero-order valence-electron chi connectivity index (χ0n) is 19.5.